The predicted molar refractivity (Wildman–Crippen MR) is 93.9 cm³/mol. The molecule has 1 aliphatic carbocycles. The predicted octanol–water partition coefficient (Wildman–Crippen LogP) is 3.91. The first-order chi connectivity index (χ1) is 10.8. The molecule has 2 rings (SSSR count). The van der Waals surface area contributed by atoms with Crippen LogP contribution in [0.25, 0.3) is 0 Å². The first kappa shape index (κ1) is 17.1. The van der Waals surface area contributed by atoms with Gasteiger partial charge in [0.25, 0.3) is 0 Å². The number of carbonyl (C=O) groups is 1. The molecule has 1 aromatic carbocycles. The Morgan fingerprint density at radius 3 is 2.61 bits per heavy atom. The second kappa shape index (κ2) is 6.87. The van der Waals surface area contributed by atoms with Crippen LogP contribution in [0.5, 0.6) is 5.75 Å². The molecule has 0 saturated heterocycles. The fraction of sp³-hybridized carbons (Fsp3) is 0.222. The Morgan fingerprint density at radius 2 is 1.96 bits per heavy atom. The van der Waals surface area contributed by atoms with Crippen LogP contribution in [0.2, 0.25) is 24.7 Å². The number of halogens is 1. The van der Waals surface area contributed by atoms with Gasteiger partial charge in [0.1, 0.15) is 13.8 Å². The number of nitrogens with zero attached hydrogens (tertiary/aromatic N) is 1. The summed E-state index contributed by atoms with van der Waals surface area (Å²) in [4.78, 5) is 12.0. The SMILES string of the molecule is C[Si](C)(C)C#CC1=CC(Oc2cc(Cl)cc(C#N)c2)C(=O)C=C1. The fourth-order valence-corrected chi connectivity index (χ4v) is 2.59. The molecule has 0 amide bonds. The molecule has 1 unspecified atom stereocenters. The van der Waals surface area contributed by atoms with Gasteiger partial charge >= 0.3 is 0 Å². The molecule has 116 valence electrons. The Hall–Kier alpha value is -2.27. The molecule has 5 heteroatoms. The van der Waals surface area contributed by atoms with Gasteiger partial charge < -0.3 is 4.74 Å². The molecule has 0 bridgehead atoms. The zero-order valence-electron chi connectivity index (χ0n) is 13.2. The third-order valence-electron chi connectivity index (χ3n) is 2.88. The molecule has 0 spiro atoms. The first-order valence-corrected chi connectivity index (χ1v) is 11.0. The number of ether oxygens (including phenoxy) is 1. The van der Waals surface area contributed by atoms with Crippen molar-refractivity contribution in [2.45, 2.75) is 25.7 Å². The summed E-state index contributed by atoms with van der Waals surface area (Å²) in [6.45, 7) is 6.46. The van der Waals surface area contributed by atoms with E-state index in [1.807, 2.05) is 6.07 Å². The third-order valence-corrected chi connectivity index (χ3v) is 3.98. The molecule has 23 heavy (non-hydrogen) atoms. The number of benzene rings is 1. The van der Waals surface area contributed by atoms with E-state index in [2.05, 4.69) is 31.1 Å². The minimum absolute atomic E-state index is 0.165. The Balaban J connectivity index is 2.25. The molecule has 0 aliphatic heterocycles. The molecule has 0 N–H and O–H groups in total. The zero-order valence-corrected chi connectivity index (χ0v) is 14.9. The van der Waals surface area contributed by atoms with Crippen LogP contribution < -0.4 is 4.74 Å². The molecule has 1 aromatic rings. The Morgan fingerprint density at radius 1 is 1.22 bits per heavy atom. The quantitative estimate of drug-likeness (QED) is 0.605. The number of allylic oxidation sites excluding steroid dienone is 2. The molecule has 1 atom stereocenters. The van der Waals surface area contributed by atoms with E-state index in [-0.39, 0.29) is 5.78 Å². The highest BCUT2D eigenvalue weighted by Crippen LogP contribution is 2.23. The maximum absolute atomic E-state index is 12.0. The van der Waals surface area contributed by atoms with Crippen LogP contribution in [-0.2, 0) is 4.79 Å². The zero-order chi connectivity index (χ0) is 17.0. The maximum Gasteiger partial charge on any atom is 0.200 e. The minimum Gasteiger partial charge on any atom is -0.478 e. The van der Waals surface area contributed by atoms with E-state index in [0.29, 0.717) is 16.3 Å². The van der Waals surface area contributed by atoms with Gasteiger partial charge in [-0.2, -0.15) is 5.26 Å². The van der Waals surface area contributed by atoms with Gasteiger partial charge in [-0.1, -0.05) is 37.2 Å². The van der Waals surface area contributed by atoms with E-state index in [1.165, 1.54) is 12.1 Å². The summed E-state index contributed by atoms with van der Waals surface area (Å²) in [6, 6.07) is 6.68. The highest BCUT2D eigenvalue weighted by Gasteiger charge is 2.20. The second-order valence-corrected chi connectivity index (χ2v) is 11.4. The normalized spacial score (nSPS) is 16.9. The van der Waals surface area contributed by atoms with Gasteiger partial charge in [-0.25, -0.2) is 0 Å². The topological polar surface area (TPSA) is 50.1 Å². The van der Waals surface area contributed by atoms with Crippen LogP contribution in [0.4, 0.5) is 0 Å². The van der Waals surface area contributed by atoms with Crippen molar-refractivity contribution in [1.82, 2.24) is 0 Å². The lowest BCUT2D eigenvalue weighted by molar-refractivity contribution is -0.119. The van der Waals surface area contributed by atoms with Crippen molar-refractivity contribution >= 4 is 25.5 Å². The molecule has 0 fully saturated rings. The highest BCUT2D eigenvalue weighted by atomic mass is 35.5. The van der Waals surface area contributed by atoms with Gasteiger partial charge in [-0.3, -0.25) is 4.79 Å². The van der Waals surface area contributed by atoms with Crippen molar-refractivity contribution in [2.75, 3.05) is 0 Å². The van der Waals surface area contributed by atoms with Crippen LogP contribution in [0.15, 0.2) is 42.0 Å². The summed E-state index contributed by atoms with van der Waals surface area (Å²) in [6.07, 6.45) is 4.11. The van der Waals surface area contributed by atoms with E-state index < -0.39 is 14.2 Å². The lowest BCUT2D eigenvalue weighted by Gasteiger charge is -2.16. The van der Waals surface area contributed by atoms with Gasteiger partial charge in [0, 0.05) is 10.6 Å². The second-order valence-electron chi connectivity index (χ2n) is 6.18. The number of carbonyl (C=O) groups excluding carboxylic acids is 1. The van der Waals surface area contributed by atoms with Crippen molar-refractivity contribution in [3.05, 3.63) is 52.6 Å². The van der Waals surface area contributed by atoms with Crippen molar-refractivity contribution < 1.29 is 9.53 Å². The molecule has 1 aliphatic rings. The summed E-state index contributed by atoms with van der Waals surface area (Å²) >= 11 is 5.95. The largest absolute Gasteiger partial charge is 0.478 e. The van der Waals surface area contributed by atoms with E-state index in [0.717, 1.165) is 5.57 Å². The average Bonchev–Trinajstić information content (AvgIpc) is 2.46. The summed E-state index contributed by atoms with van der Waals surface area (Å²) in [7, 11) is -1.49. The van der Waals surface area contributed by atoms with Gasteiger partial charge in [0.2, 0.25) is 0 Å². The molecular formula is C18H16ClNO2Si. The van der Waals surface area contributed by atoms with E-state index in [4.69, 9.17) is 21.6 Å². The van der Waals surface area contributed by atoms with Crippen LogP contribution in [0, 0.1) is 22.8 Å². The van der Waals surface area contributed by atoms with Crippen LogP contribution in [-0.4, -0.2) is 20.0 Å². The minimum atomic E-state index is -1.49. The smallest absolute Gasteiger partial charge is 0.200 e. The molecule has 3 nitrogen and oxygen atoms in total. The van der Waals surface area contributed by atoms with Crippen LogP contribution >= 0.6 is 11.6 Å². The Kier molecular flexibility index (Phi) is 5.11. The summed E-state index contributed by atoms with van der Waals surface area (Å²) in [5.41, 5.74) is 4.40. The monoisotopic (exact) mass is 341 g/mol. The van der Waals surface area contributed by atoms with Gasteiger partial charge in [0.15, 0.2) is 11.9 Å². The summed E-state index contributed by atoms with van der Waals surface area (Å²) in [5, 5.41) is 9.35. The lowest BCUT2D eigenvalue weighted by Crippen LogP contribution is -2.26. The molecular weight excluding hydrogens is 326 g/mol. The molecule has 0 saturated carbocycles. The number of hydrogen-bond acceptors (Lipinski definition) is 3. The van der Waals surface area contributed by atoms with Gasteiger partial charge in [-0.05, 0) is 36.4 Å². The molecule has 0 radical (unpaired) electrons. The maximum atomic E-state index is 12.0. The van der Waals surface area contributed by atoms with E-state index in [1.54, 1.807) is 24.3 Å². The van der Waals surface area contributed by atoms with Gasteiger partial charge in [0.05, 0.1) is 11.6 Å². The van der Waals surface area contributed by atoms with Gasteiger partial charge in [-0.15, -0.1) is 5.54 Å². The van der Waals surface area contributed by atoms with Crippen LogP contribution in [0.1, 0.15) is 5.56 Å². The summed E-state index contributed by atoms with van der Waals surface area (Å²) in [5.74, 6) is 3.33. The standard InChI is InChI=1S/C18H16ClNO2Si/c1-23(2,3)7-6-13-4-5-17(21)18(10-13)22-16-9-14(12-20)8-15(19)11-16/h4-5,8-11,18H,1-3H3. The van der Waals surface area contributed by atoms with E-state index in [9.17, 15) is 4.79 Å². The number of nitriles is 1. The summed E-state index contributed by atoms with van der Waals surface area (Å²) < 4.78 is 5.68. The average molecular weight is 342 g/mol. The van der Waals surface area contributed by atoms with Crippen molar-refractivity contribution in [1.29, 1.82) is 5.26 Å². The van der Waals surface area contributed by atoms with Crippen molar-refractivity contribution in [3.8, 4) is 23.3 Å². The van der Waals surface area contributed by atoms with E-state index >= 15 is 0 Å². The third kappa shape index (κ3) is 5.14. The number of ketones is 1. The highest BCUT2D eigenvalue weighted by molar-refractivity contribution is 6.83. The number of rotatable bonds is 2. The molecule has 0 aromatic heterocycles. The van der Waals surface area contributed by atoms with Crippen LogP contribution in [0.3, 0.4) is 0 Å². The first-order valence-electron chi connectivity index (χ1n) is 7.11. The van der Waals surface area contributed by atoms with Crippen molar-refractivity contribution in [2.24, 2.45) is 0 Å². The van der Waals surface area contributed by atoms with Crippen molar-refractivity contribution in [3.63, 3.8) is 0 Å². The fourth-order valence-electron chi connectivity index (χ4n) is 1.84. The Labute approximate surface area is 142 Å². The Bertz CT molecular complexity index is 801. The lowest BCUT2D eigenvalue weighted by atomic mass is 10.0. The molecule has 0 heterocycles. The number of hydrogen-bond donors (Lipinski definition) is 0.